The van der Waals surface area contributed by atoms with Gasteiger partial charge in [-0.15, -0.1) is 0 Å². The summed E-state index contributed by atoms with van der Waals surface area (Å²) in [6.07, 6.45) is 7.57. The summed E-state index contributed by atoms with van der Waals surface area (Å²) in [5, 5.41) is 0. The predicted molar refractivity (Wildman–Crippen MR) is 82.2 cm³/mol. The van der Waals surface area contributed by atoms with E-state index < -0.39 is 15.8 Å². The van der Waals surface area contributed by atoms with Gasteiger partial charge in [-0.05, 0) is 86.0 Å². The molecule has 4 fully saturated rings. The summed E-state index contributed by atoms with van der Waals surface area (Å²) in [5.41, 5.74) is 0.169. The van der Waals surface area contributed by atoms with E-state index in [0.717, 1.165) is 17.8 Å². The van der Waals surface area contributed by atoms with E-state index in [9.17, 15) is 12.8 Å². The van der Waals surface area contributed by atoms with E-state index in [-0.39, 0.29) is 10.3 Å². The van der Waals surface area contributed by atoms with Gasteiger partial charge in [-0.1, -0.05) is 0 Å². The SMILES string of the molecule is O=S(=O)(NCC12CC3CC(CC(C3)C1)C2)c1ccc(F)cc1. The standard InChI is InChI=1S/C17H22FNO2S/c18-15-1-3-16(4-2-15)22(20,21)19-11-17-8-12-5-13(9-17)7-14(6-12)10-17/h1-4,12-14,19H,5-11H2. The molecule has 0 spiro atoms. The first kappa shape index (κ1) is 14.6. The number of hydrogen-bond acceptors (Lipinski definition) is 2. The zero-order valence-electron chi connectivity index (χ0n) is 12.6. The van der Waals surface area contributed by atoms with Crippen molar-refractivity contribution in [3.05, 3.63) is 30.1 Å². The molecule has 0 atom stereocenters. The number of nitrogens with one attached hydrogen (secondary N) is 1. The van der Waals surface area contributed by atoms with E-state index in [1.54, 1.807) is 0 Å². The van der Waals surface area contributed by atoms with Crippen molar-refractivity contribution in [2.75, 3.05) is 6.54 Å². The molecule has 4 aliphatic carbocycles. The van der Waals surface area contributed by atoms with Crippen molar-refractivity contribution in [3.8, 4) is 0 Å². The Bertz CT molecular complexity index is 633. The van der Waals surface area contributed by atoms with Gasteiger partial charge in [0.2, 0.25) is 10.0 Å². The quantitative estimate of drug-likeness (QED) is 0.924. The molecule has 4 bridgehead atoms. The third-order valence-corrected chi connectivity index (χ3v) is 7.34. The molecular weight excluding hydrogens is 301 g/mol. The van der Waals surface area contributed by atoms with Crippen LogP contribution >= 0.6 is 0 Å². The van der Waals surface area contributed by atoms with Crippen molar-refractivity contribution in [2.24, 2.45) is 23.2 Å². The molecule has 0 radical (unpaired) electrons. The zero-order chi connectivity index (χ0) is 15.4. The normalized spacial score (nSPS) is 36.7. The maximum atomic E-state index is 13.0. The molecule has 0 aromatic heterocycles. The zero-order valence-corrected chi connectivity index (χ0v) is 13.4. The minimum absolute atomic E-state index is 0.152. The van der Waals surface area contributed by atoms with Crippen molar-refractivity contribution >= 4 is 10.0 Å². The number of sulfonamides is 1. The van der Waals surface area contributed by atoms with Crippen LogP contribution in [0.15, 0.2) is 29.2 Å². The van der Waals surface area contributed by atoms with Crippen molar-refractivity contribution in [3.63, 3.8) is 0 Å². The number of halogens is 1. The average molecular weight is 323 g/mol. The van der Waals surface area contributed by atoms with Crippen LogP contribution in [0.3, 0.4) is 0 Å². The second kappa shape index (κ2) is 5.03. The topological polar surface area (TPSA) is 46.2 Å². The van der Waals surface area contributed by atoms with Gasteiger partial charge >= 0.3 is 0 Å². The summed E-state index contributed by atoms with van der Waals surface area (Å²) >= 11 is 0. The number of rotatable bonds is 4. The first-order valence-electron chi connectivity index (χ1n) is 8.19. The average Bonchev–Trinajstić information content (AvgIpc) is 2.45. The Morgan fingerprint density at radius 1 is 1.00 bits per heavy atom. The number of hydrogen-bond donors (Lipinski definition) is 1. The van der Waals surface area contributed by atoms with Crippen LogP contribution < -0.4 is 4.72 Å². The minimum Gasteiger partial charge on any atom is -0.211 e. The summed E-state index contributed by atoms with van der Waals surface area (Å²) in [4.78, 5) is 0.152. The van der Waals surface area contributed by atoms with Crippen molar-refractivity contribution in [1.82, 2.24) is 4.72 Å². The highest BCUT2D eigenvalue weighted by molar-refractivity contribution is 7.89. The highest BCUT2D eigenvalue weighted by atomic mass is 32.2. The lowest BCUT2D eigenvalue weighted by Gasteiger charge is -2.56. The summed E-state index contributed by atoms with van der Waals surface area (Å²) in [6.45, 7) is 0.538. The van der Waals surface area contributed by atoms with Crippen LogP contribution in [-0.2, 0) is 10.0 Å². The Morgan fingerprint density at radius 2 is 1.50 bits per heavy atom. The minimum atomic E-state index is -3.54. The summed E-state index contributed by atoms with van der Waals surface area (Å²) < 4.78 is 40.6. The third kappa shape index (κ3) is 2.58. The lowest BCUT2D eigenvalue weighted by Crippen LogP contribution is -2.51. The Hall–Kier alpha value is -0.940. The second-order valence-electron chi connectivity index (χ2n) is 7.70. The maximum absolute atomic E-state index is 13.0. The molecule has 0 heterocycles. The molecule has 4 aliphatic rings. The summed E-state index contributed by atoms with van der Waals surface area (Å²) in [5.74, 6) is 2.00. The Kier molecular flexibility index (Phi) is 3.35. The molecular formula is C17H22FNO2S. The molecule has 5 heteroatoms. The Balaban J connectivity index is 1.49. The number of benzene rings is 1. The largest absolute Gasteiger partial charge is 0.240 e. The molecule has 0 unspecified atom stereocenters. The van der Waals surface area contributed by atoms with Gasteiger partial charge in [-0.3, -0.25) is 0 Å². The van der Waals surface area contributed by atoms with E-state index in [0.29, 0.717) is 6.54 Å². The van der Waals surface area contributed by atoms with Crippen molar-refractivity contribution in [1.29, 1.82) is 0 Å². The smallest absolute Gasteiger partial charge is 0.211 e. The van der Waals surface area contributed by atoms with Gasteiger partial charge < -0.3 is 0 Å². The molecule has 22 heavy (non-hydrogen) atoms. The van der Waals surface area contributed by atoms with Gasteiger partial charge in [0, 0.05) is 6.54 Å². The molecule has 1 aromatic rings. The molecule has 0 amide bonds. The van der Waals surface area contributed by atoms with Gasteiger partial charge in [-0.25, -0.2) is 17.5 Å². The molecule has 3 nitrogen and oxygen atoms in total. The maximum Gasteiger partial charge on any atom is 0.240 e. The van der Waals surface area contributed by atoms with Crippen LogP contribution in [0.4, 0.5) is 4.39 Å². The summed E-state index contributed by atoms with van der Waals surface area (Å²) in [6, 6.07) is 5.05. The van der Waals surface area contributed by atoms with Crippen LogP contribution in [0.1, 0.15) is 38.5 Å². The van der Waals surface area contributed by atoms with Crippen LogP contribution in [-0.4, -0.2) is 15.0 Å². The van der Waals surface area contributed by atoms with Crippen LogP contribution in [0.5, 0.6) is 0 Å². The lowest BCUT2D eigenvalue weighted by atomic mass is 9.50. The fraction of sp³-hybridized carbons (Fsp3) is 0.647. The molecule has 5 rings (SSSR count). The first-order chi connectivity index (χ1) is 10.4. The van der Waals surface area contributed by atoms with E-state index in [4.69, 9.17) is 0 Å². The molecule has 1 N–H and O–H groups in total. The summed E-state index contributed by atoms with van der Waals surface area (Å²) in [7, 11) is -3.54. The van der Waals surface area contributed by atoms with E-state index in [1.807, 2.05) is 0 Å². The monoisotopic (exact) mass is 323 g/mol. The van der Waals surface area contributed by atoms with Crippen LogP contribution in [0.2, 0.25) is 0 Å². The molecule has 1 aromatic carbocycles. The molecule has 120 valence electrons. The van der Waals surface area contributed by atoms with Gasteiger partial charge in [0.15, 0.2) is 0 Å². The van der Waals surface area contributed by atoms with Crippen molar-refractivity contribution in [2.45, 2.75) is 43.4 Å². The second-order valence-corrected chi connectivity index (χ2v) is 9.46. The van der Waals surface area contributed by atoms with Crippen LogP contribution in [0, 0.1) is 29.0 Å². The molecule has 4 saturated carbocycles. The first-order valence-corrected chi connectivity index (χ1v) is 9.68. The Morgan fingerprint density at radius 3 is 2.00 bits per heavy atom. The van der Waals surface area contributed by atoms with E-state index in [1.165, 1.54) is 62.8 Å². The van der Waals surface area contributed by atoms with Gasteiger partial charge in [0.05, 0.1) is 4.90 Å². The van der Waals surface area contributed by atoms with E-state index in [2.05, 4.69) is 4.72 Å². The van der Waals surface area contributed by atoms with Gasteiger partial charge in [0.1, 0.15) is 5.82 Å². The fourth-order valence-corrected chi connectivity index (χ4v) is 6.61. The molecule has 0 saturated heterocycles. The highest BCUT2D eigenvalue weighted by Crippen LogP contribution is 2.59. The predicted octanol–water partition coefficient (Wildman–Crippen LogP) is 3.32. The third-order valence-electron chi connectivity index (χ3n) is 5.93. The van der Waals surface area contributed by atoms with Crippen molar-refractivity contribution < 1.29 is 12.8 Å². The Labute approximate surface area is 131 Å². The lowest BCUT2D eigenvalue weighted by molar-refractivity contribution is -0.0487. The van der Waals surface area contributed by atoms with Crippen LogP contribution in [0.25, 0.3) is 0 Å². The van der Waals surface area contributed by atoms with E-state index >= 15 is 0 Å². The highest BCUT2D eigenvalue weighted by Gasteiger charge is 2.50. The van der Waals surface area contributed by atoms with Gasteiger partial charge in [0.25, 0.3) is 0 Å². The molecule has 0 aliphatic heterocycles. The van der Waals surface area contributed by atoms with Gasteiger partial charge in [-0.2, -0.15) is 0 Å². The fourth-order valence-electron chi connectivity index (χ4n) is 5.45.